The van der Waals surface area contributed by atoms with Gasteiger partial charge in [-0.3, -0.25) is 39.0 Å². The maximum atomic E-state index is 16.7. The van der Waals surface area contributed by atoms with Gasteiger partial charge in [-0.05, 0) is 56.2 Å². The van der Waals surface area contributed by atoms with Gasteiger partial charge < -0.3 is 44.1 Å². The number of imide groups is 2. The van der Waals surface area contributed by atoms with Crippen LogP contribution in [0.4, 0.5) is 20.5 Å². The fourth-order valence-corrected chi connectivity index (χ4v) is 8.29. The standard InChI is InChI=1S/C48H57ClF2N8O11/c1-5-8-34(50)41(36(60)6-2)40-33(49)28-32-43(42(40)51)54-48(55-44(32)58-17-15-57(16-18-58)38(62)7-3)52-14-13-39(63)56(4)19-20-67-21-22-68-23-24-69-25-26-70-29-9-10-30-31(27-29)47(66)59(46(30)65)35-11-12-37(61)53-45(35)64/h5,7-10,27-28,35-36,60H,3,6,11-26H2,1-2,4H3,(H,52,54,55)(H,53,61,64)/b8-5-,41-34-. The Morgan fingerprint density at radius 1 is 1.00 bits per heavy atom. The molecule has 0 spiro atoms. The number of nitrogens with zero attached hydrogens (tertiary/aromatic N) is 6. The second-order valence-electron chi connectivity index (χ2n) is 16.3. The predicted molar refractivity (Wildman–Crippen MR) is 254 cm³/mol. The van der Waals surface area contributed by atoms with E-state index in [-0.39, 0.29) is 134 Å². The third-order valence-corrected chi connectivity index (χ3v) is 12.1. The van der Waals surface area contributed by atoms with Crippen molar-refractivity contribution in [3.8, 4) is 5.75 Å². The number of aliphatic hydroxyl groups is 1. The average molecular weight is 995 g/mol. The van der Waals surface area contributed by atoms with Crippen LogP contribution < -0.4 is 20.3 Å². The van der Waals surface area contributed by atoms with Crippen molar-refractivity contribution in [1.82, 2.24) is 30.0 Å². The third kappa shape index (κ3) is 12.7. The fourth-order valence-electron chi connectivity index (χ4n) is 8.00. The van der Waals surface area contributed by atoms with Crippen molar-refractivity contribution in [3.63, 3.8) is 0 Å². The van der Waals surface area contributed by atoms with E-state index in [0.717, 1.165) is 11.0 Å². The quantitative estimate of drug-likeness (QED) is 0.0498. The van der Waals surface area contributed by atoms with Gasteiger partial charge in [-0.2, -0.15) is 4.98 Å². The number of carbonyl (C=O) groups is 6. The zero-order valence-corrected chi connectivity index (χ0v) is 40.0. The van der Waals surface area contributed by atoms with E-state index in [0.29, 0.717) is 44.3 Å². The van der Waals surface area contributed by atoms with Gasteiger partial charge in [-0.1, -0.05) is 31.2 Å². The molecular formula is C48H57ClF2N8O11. The molecule has 2 fully saturated rings. The Morgan fingerprint density at radius 2 is 1.67 bits per heavy atom. The first kappa shape index (κ1) is 53.0. The lowest BCUT2D eigenvalue weighted by molar-refractivity contribution is -0.136. The summed E-state index contributed by atoms with van der Waals surface area (Å²) in [4.78, 5) is 90.1. The summed E-state index contributed by atoms with van der Waals surface area (Å²) in [5.74, 6) is -3.91. The summed E-state index contributed by atoms with van der Waals surface area (Å²) in [6.07, 6.45) is 2.62. The Labute approximate surface area is 408 Å². The lowest BCUT2D eigenvalue weighted by Gasteiger charge is -2.35. The topological polar surface area (TPSA) is 222 Å². The van der Waals surface area contributed by atoms with Gasteiger partial charge in [0.2, 0.25) is 29.6 Å². The molecule has 2 aromatic carbocycles. The number of nitrogens with one attached hydrogen (secondary N) is 2. The van der Waals surface area contributed by atoms with E-state index in [4.69, 9.17) is 30.5 Å². The summed E-state index contributed by atoms with van der Waals surface area (Å²) in [6.45, 7) is 10.3. The van der Waals surface area contributed by atoms with Crippen LogP contribution in [0.15, 0.2) is 54.9 Å². The Bertz CT molecular complexity index is 2540. The van der Waals surface area contributed by atoms with Crippen molar-refractivity contribution < 1.29 is 61.6 Å². The second-order valence-corrected chi connectivity index (χ2v) is 16.8. The fraction of sp³-hybridized carbons (Fsp3) is 0.458. The van der Waals surface area contributed by atoms with E-state index in [2.05, 4.69) is 27.2 Å². The molecule has 0 bridgehead atoms. The summed E-state index contributed by atoms with van der Waals surface area (Å²) in [5, 5.41) is 16.1. The molecule has 2 atom stereocenters. The molecule has 70 heavy (non-hydrogen) atoms. The number of amides is 6. The zero-order chi connectivity index (χ0) is 50.5. The first-order valence-electron chi connectivity index (χ1n) is 22.9. The van der Waals surface area contributed by atoms with E-state index in [1.165, 1.54) is 35.3 Å². The number of allylic oxidation sites excluding steroid dienone is 3. The van der Waals surface area contributed by atoms with Crippen LogP contribution >= 0.6 is 11.6 Å². The van der Waals surface area contributed by atoms with Crippen molar-refractivity contribution in [2.45, 2.75) is 51.7 Å². The highest BCUT2D eigenvalue weighted by Gasteiger charge is 2.44. The van der Waals surface area contributed by atoms with Crippen molar-refractivity contribution in [1.29, 1.82) is 0 Å². The smallest absolute Gasteiger partial charge is 0.262 e. The number of anilines is 2. The molecule has 19 nitrogen and oxygen atoms in total. The molecule has 2 unspecified atom stereocenters. The lowest BCUT2D eigenvalue weighted by Crippen LogP contribution is -2.54. The minimum Gasteiger partial charge on any atom is -0.491 e. The Hall–Kier alpha value is -6.39. The van der Waals surface area contributed by atoms with E-state index in [1.807, 2.05) is 4.90 Å². The van der Waals surface area contributed by atoms with Gasteiger partial charge in [0.1, 0.15) is 35.6 Å². The van der Waals surface area contributed by atoms with Crippen LogP contribution in [-0.2, 0) is 33.4 Å². The highest BCUT2D eigenvalue weighted by molar-refractivity contribution is 6.33. The number of piperidine rings is 1. The first-order valence-corrected chi connectivity index (χ1v) is 23.3. The van der Waals surface area contributed by atoms with Crippen LogP contribution in [-0.4, -0.2) is 170 Å². The SMILES string of the molecule is C=CC(=O)N1CCN(c2nc(NCCC(=O)N(C)CCOCCOCCOCCOc3ccc4c(c3)C(=O)N(C3CCC(=O)NC3=O)C4=O)nc3c(F)c(/C(=C(F)/C=C\C)C(O)CC)c(Cl)cc23)CC1. The lowest BCUT2D eigenvalue weighted by atomic mass is 9.95. The number of fused-ring (bicyclic) bond motifs is 2. The molecule has 6 amide bonds. The molecule has 0 aliphatic carbocycles. The van der Waals surface area contributed by atoms with Gasteiger partial charge >= 0.3 is 0 Å². The minimum absolute atomic E-state index is 0.00319. The summed E-state index contributed by atoms with van der Waals surface area (Å²) >= 11 is 6.66. The van der Waals surface area contributed by atoms with Gasteiger partial charge in [0.25, 0.3) is 11.8 Å². The van der Waals surface area contributed by atoms with Crippen LogP contribution in [0.5, 0.6) is 5.75 Å². The molecule has 0 radical (unpaired) electrons. The van der Waals surface area contributed by atoms with E-state index >= 15 is 8.78 Å². The van der Waals surface area contributed by atoms with Crippen LogP contribution in [0.2, 0.25) is 5.02 Å². The number of halogens is 3. The van der Waals surface area contributed by atoms with E-state index in [1.54, 1.807) is 31.9 Å². The molecule has 3 N–H and O–H groups in total. The van der Waals surface area contributed by atoms with Gasteiger partial charge in [-0.25, -0.2) is 13.8 Å². The van der Waals surface area contributed by atoms with E-state index in [9.17, 15) is 33.9 Å². The molecule has 376 valence electrons. The molecule has 1 aromatic heterocycles. The number of piperazine rings is 1. The number of aliphatic hydroxyl groups excluding tert-OH is 1. The van der Waals surface area contributed by atoms with Gasteiger partial charge in [0.05, 0.1) is 61.9 Å². The third-order valence-electron chi connectivity index (χ3n) is 11.8. The molecule has 4 heterocycles. The summed E-state index contributed by atoms with van der Waals surface area (Å²) < 4.78 is 54.5. The number of ether oxygens (including phenoxy) is 4. The molecular weight excluding hydrogens is 938 g/mol. The van der Waals surface area contributed by atoms with Crippen molar-refractivity contribution >= 4 is 75.3 Å². The summed E-state index contributed by atoms with van der Waals surface area (Å²) in [6, 6.07) is 4.86. The number of aromatic nitrogens is 2. The molecule has 3 aliphatic heterocycles. The highest BCUT2D eigenvalue weighted by Crippen LogP contribution is 2.40. The minimum atomic E-state index is -1.37. The monoisotopic (exact) mass is 994 g/mol. The Morgan fingerprint density at radius 3 is 2.33 bits per heavy atom. The molecule has 6 rings (SSSR count). The summed E-state index contributed by atoms with van der Waals surface area (Å²) in [5.41, 5.74) is -0.541. The average Bonchev–Trinajstić information content (AvgIpc) is 3.59. The van der Waals surface area contributed by atoms with Crippen molar-refractivity contribution in [3.05, 3.63) is 82.4 Å². The molecule has 2 saturated heterocycles. The number of benzene rings is 2. The van der Waals surface area contributed by atoms with Crippen LogP contribution in [0.1, 0.15) is 65.8 Å². The number of hydrogen-bond acceptors (Lipinski definition) is 15. The van der Waals surface area contributed by atoms with Crippen molar-refractivity contribution in [2.24, 2.45) is 0 Å². The van der Waals surface area contributed by atoms with Crippen LogP contribution in [0.25, 0.3) is 16.5 Å². The second kappa shape index (κ2) is 24.9. The Kier molecular flexibility index (Phi) is 18.9. The van der Waals surface area contributed by atoms with E-state index < -0.39 is 47.4 Å². The number of likely N-dealkylation sites (N-methyl/N-ethyl adjacent to an activating group) is 1. The number of rotatable bonds is 24. The highest BCUT2D eigenvalue weighted by atomic mass is 35.5. The number of hydrogen-bond donors (Lipinski definition) is 3. The van der Waals surface area contributed by atoms with Crippen LogP contribution in [0, 0.1) is 5.82 Å². The normalized spacial score (nSPS) is 17.0. The zero-order valence-electron chi connectivity index (χ0n) is 39.3. The van der Waals surface area contributed by atoms with Gasteiger partial charge in [0, 0.05) is 75.7 Å². The largest absolute Gasteiger partial charge is 0.491 e. The molecule has 0 saturated carbocycles. The molecule has 3 aromatic rings. The van der Waals surface area contributed by atoms with Crippen LogP contribution in [0.3, 0.4) is 0 Å². The summed E-state index contributed by atoms with van der Waals surface area (Å²) in [7, 11) is 1.64. The first-order chi connectivity index (χ1) is 33.7. The Balaban J connectivity index is 0.915. The molecule has 3 aliphatic rings. The van der Waals surface area contributed by atoms with Crippen molar-refractivity contribution in [2.75, 3.05) is 103 Å². The maximum absolute atomic E-state index is 16.7. The predicted octanol–water partition coefficient (Wildman–Crippen LogP) is 4.07. The molecule has 22 heteroatoms. The number of carbonyl (C=O) groups excluding carboxylic acids is 6. The van der Waals surface area contributed by atoms with Gasteiger partial charge in [0.15, 0.2) is 5.82 Å². The van der Waals surface area contributed by atoms with Gasteiger partial charge in [-0.15, -0.1) is 0 Å². The maximum Gasteiger partial charge on any atom is 0.262 e.